The molecule has 1 amide bonds. The number of carbonyl (C=O) groups excluding carboxylic acids is 1. The predicted molar refractivity (Wildman–Crippen MR) is 132 cm³/mol. The minimum atomic E-state index is -0.170. The molecule has 1 aliphatic heterocycles. The molecule has 4 aromatic rings. The van der Waals surface area contributed by atoms with Crippen molar-refractivity contribution in [3.8, 4) is 5.82 Å². The van der Waals surface area contributed by atoms with Gasteiger partial charge in [-0.05, 0) is 72.9 Å². The maximum Gasteiger partial charge on any atom is 0.221 e. The fourth-order valence-electron chi connectivity index (χ4n) is 4.18. The van der Waals surface area contributed by atoms with Gasteiger partial charge in [-0.15, -0.1) is 0 Å². The standard InChI is InChI=1S/C25H22N6OS/c1-17(32)28-18-10-12-19(13-11-18)31-24(23(29-25(31)33)20-7-2-4-14-26-20)21-8-6-16-30(21)22-9-3-5-15-27-22/h2-16,23-24H,1H3,(H,28,32)(H,29,33)/t23-,24-/m1/s1. The first-order valence-corrected chi connectivity index (χ1v) is 11.0. The van der Waals surface area contributed by atoms with Gasteiger partial charge in [0.15, 0.2) is 5.11 Å². The van der Waals surface area contributed by atoms with E-state index < -0.39 is 0 Å². The Hall–Kier alpha value is -4.04. The van der Waals surface area contributed by atoms with E-state index in [1.165, 1.54) is 6.92 Å². The second-order valence-electron chi connectivity index (χ2n) is 7.72. The highest BCUT2D eigenvalue weighted by molar-refractivity contribution is 7.80. The Labute approximate surface area is 197 Å². The summed E-state index contributed by atoms with van der Waals surface area (Å²) in [6, 6.07) is 23.2. The van der Waals surface area contributed by atoms with Crippen LogP contribution in [0, 0.1) is 0 Å². The van der Waals surface area contributed by atoms with E-state index in [9.17, 15) is 4.79 Å². The Balaban J connectivity index is 1.61. The number of amides is 1. The maximum absolute atomic E-state index is 11.4. The number of anilines is 2. The van der Waals surface area contributed by atoms with Gasteiger partial charge in [0.05, 0.1) is 11.7 Å². The number of benzene rings is 1. The van der Waals surface area contributed by atoms with E-state index in [1.807, 2.05) is 72.9 Å². The summed E-state index contributed by atoms with van der Waals surface area (Å²) >= 11 is 5.81. The molecule has 33 heavy (non-hydrogen) atoms. The van der Waals surface area contributed by atoms with E-state index in [-0.39, 0.29) is 18.0 Å². The first-order chi connectivity index (χ1) is 16.1. The molecule has 164 valence electrons. The molecule has 1 aliphatic rings. The lowest BCUT2D eigenvalue weighted by Crippen LogP contribution is -2.30. The Morgan fingerprint density at radius 2 is 1.73 bits per heavy atom. The number of hydrogen-bond acceptors (Lipinski definition) is 4. The predicted octanol–water partition coefficient (Wildman–Crippen LogP) is 4.40. The van der Waals surface area contributed by atoms with E-state index in [0.29, 0.717) is 5.11 Å². The molecule has 1 aromatic carbocycles. The third-order valence-electron chi connectivity index (χ3n) is 5.54. The van der Waals surface area contributed by atoms with E-state index in [4.69, 9.17) is 12.2 Å². The summed E-state index contributed by atoms with van der Waals surface area (Å²) in [5.41, 5.74) is 3.58. The first kappa shape index (κ1) is 20.8. The third-order valence-corrected chi connectivity index (χ3v) is 5.86. The second kappa shape index (κ2) is 8.84. The molecule has 2 N–H and O–H groups in total. The minimum Gasteiger partial charge on any atom is -0.351 e. The highest BCUT2D eigenvalue weighted by Crippen LogP contribution is 2.42. The molecule has 0 aliphatic carbocycles. The van der Waals surface area contributed by atoms with Crippen LogP contribution in [0.25, 0.3) is 5.82 Å². The van der Waals surface area contributed by atoms with Gasteiger partial charge in [0.1, 0.15) is 11.9 Å². The van der Waals surface area contributed by atoms with Crippen LogP contribution in [0.1, 0.15) is 30.4 Å². The molecule has 0 saturated carbocycles. The molecule has 1 saturated heterocycles. The molecule has 0 bridgehead atoms. The summed E-state index contributed by atoms with van der Waals surface area (Å²) in [6.45, 7) is 1.49. The third kappa shape index (κ3) is 4.08. The zero-order chi connectivity index (χ0) is 22.8. The number of aromatic nitrogens is 3. The van der Waals surface area contributed by atoms with Crippen LogP contribution in [0.5, 0.6) is 0 Å². The molecule has 0 unspecified atom stereocenters. The summed E-state index contributed by atoms with van der Waals surface area (Å²) in [4.78, 5) is 22.7. The van der Waals surface area contributed by atoms with Crippen molar-refractivity contribution in [2.45, 2.75) is 19.0 Å². The van der Waals surface area contributed by atoms with Gasteiger partial charge in [-0.2, -0.15) is 0 Å². The van der Waals surface area contributed by atoms with Crippen LogP contribution < -0.4 is 15.5 Å². The Kier molecular flexibility index (Phi) is 5.58. The SMILES string of the molecule is CC(=O)Nc1ccc(N2C(=S)N[C@H](c3ccccn3)[C@H]2c2cccn2-c2ccccn2)cc1. The van der Waals surface area contributed by atoms with Crippen molar-refractivity contribution in [1.29, 1.82) is 0 Å². The molecule has 5 rings (SSSR count). The molecule has 0 spiro atoms. The quantitative estimate of drug-likeness (QED) is 0.436. The molecule has 8 heteroatoms. The highest BCUT2D eigenvalue weighted by Gasteiger charge is 2.42. The largest absolute Gasteiger partial charge is 0.351 e. The van der Waals surface area contributed by atoms with Crippen molar-refractivity contribution >= 4 is 34.6 Å². The molecule has 0 radical (unpaired) electrons. The Bertz CT molecular complexity index is 1270. The summed E-state index contributed by atoms with van der Waals surface area (Å²) < 4.78 is 2.08. The van der Waals surface area contributed by atoms with Crippen molar-refractivity contribution in [1.82, 2.24) is 19.9 Å². The number of rotatable bonds is 5. The van der Waals surface area contributed by atoms with E-state index in [0.717, 1.165) is 28.6 Å². The number of thiocarbonyl (C=S) groups is 1. The van der Waals surface area contributed by atoms with Crippen LogP contribution in [0.4, 0.5) is 11.4 Å². The normalized spacial score (nSPS) is 17.6. The van der Waals surface area contributed by atoms with Gasteiger partial charge in [0, 0.05) is 42.6 Å². The smallest absolute Gasteiger partial charge is 0.221 e. The van der Waals surface area contributed by atoms with Gasteiger partial charge >= 0.3 is 0 Å². The second-order valence-corrected chi connectivity index (χ2v) is 8.10. The summed E-state index contributed by atoms with van der Waals surface area (Å²) in [5.74, 6) is 0.721. The molecular weight excluding hydrogens is 432 g/mol. The van der Waals surface area contributed by atoms with Crippen LogP contribution in [-0.2, 0) is 4.79 Å². The van der Waals surface area contributed by atoms with E-state index >= 15 is 0 Å². The van der Waals surface area contributed by atoms with Crippen molar-refractivity contribution in [3.63, 3.8) is 0 Å². The first-order valence-electron chi connectivity index (χ1n) is 10.6. The van der Waals surface area contributed by atoms with Crippen LogP contribution in [0.2, 0.25) is 0 Å². The van der Waals surface area contributed by atoms with Crippen LogP contribution in [0.15, 0.2) is 91.4 Å². The molecule has 4 heterocycles. The van der Waals surface area contributed by atoms with Gasteiger partial charge < -0.3 is 20.1 Å². The van der Waals surface area contributed by atoms with Crippen molar-refractivity contribution < 1.29 is 4.79 Å². The van der Waals surface area contributed by atoms with Crippen LogP contribution in [0.3, 0.4) is 0 Å². The average molecular weight is 455 g/mol. The topological polar surface area (TPSA) is 75.1 Å². The van der Waals surface area contributed by atoms with Crippen LogP contribution in [-0.4, -0.2) is 25.6 Å². The summed E-state index contributed by atoms with van der Waals surface area (Å²) in [6.07, 6.45) is 5.58. The number of hydrogen-bond donors (Lipinski definition) is 2. The van der Waals surface area contributed by atoms with Gasteiger partial charge in [0.25, 0.3) is 0 Å². The maximum atomic E-state index is 11.4. The molecule has 2 atom stereocenters. The lowest BCUT2D eigenvalue weighted by atomic mass is 10.0. The molecule has 1 fully saturated rings. The van der Waals surface area contributed by atoms with Crippen molar-refractivity contribution in [2.24, 2.45) is 0 Å². The van der Waals surface area contributed by atoms with E-state index in [2.05, 4.69) is 36.1 Å². The lowest BCUT2D eigenvalue weighted by Gasteiger charge is -2.29. The van der Waals surface area contributed by atoms with Crippen LogP contribution >= 0.6 is 12.2 Å². The van der Waals surface area contributed by atoms with Gasteiger partial charge in [-0.3, -0.25) is 9.78 Å². The number of nitrogens with one attached hydrogen (secondary N) is 2. The molecule has 7 nitrogen and oxygen atoms in total. The Morgan fingerprint density at radius 3 is 2.39 bits per heavy atom. The fraction of sp³-hybridized carbons (Fsp3) is 0.120. The van der Waals surface area contributed by atoms with Gasteiger partial charge in [-0.1, -0.05) is 12.1 Å². The van der Waals surface area contributed by atoms with Crippen molar-refractivity contribution in [3.05, 3.63) is 103 Å². The number of nitrogens with zero attached hydrogens (tertiary/aromatic N) is 4. The van der Waals surface area contributed by atoms with Gasteiger partial charge in [0.2, 0.25) is 5.91 Å². The lowest BCUT2D eigenvalue weighted by molar-refractivity contribution is -0.114. The molecule has 3 aromatic heterocycles. The zero-order valence-corrected chi connectivity index (χ0v) is 18.7. The Morgan fingerprint density at radius 1 is 0.970 bits per heavy atom. The minimum absolute atomic E-state index is 0.109. The van der Waals surface area contributed by atoms with E-state index in [1.54, 1.807) is 12.4 Å². The van der Waals surface area contributed by atoms with Crippen molar-refractivity contribution in [2.75, 3.05) is 10.2 Å². The average Bonchev–Trinajstić information content (AvgIpc) is 3.45. The highest BCUT2D eigenvalue weighted by atomic mass is 32.1. The fourth-order valence-corrected chi connectivity index (χ4v) is 4.53. The van der Waals surface area contributed by atoms with Gasteiger partial charge in [-0.25, -0.2) is 4.98 Å². The number of pyridine rings is 2. The number of carbonyl (C=O) groups is 1. The summed E-state index contributed by atoms with van der Waals surface area (Å²) in [5, 5.41) is 6.89. The molecular formula is C25H22N6OS. The zero-order valence-electron chi connectivity index (χ0n) is 17.9. The summed E-state index contributed by atoms with van der Waals surface area (Å²) in [7, 11) is 0. The monoisotopic (exact) mass is 454 g/mol.